The standard InChI is InChI=1S/C19H22ClN3O3S2/c20-15-3-5-16(6-4-15)28(25,26)19(7-1-2-8-19)17(24)22-10-12-23(13-11-22)18-21-9-14-27-18/h3-6,9,14H,1-2,7-8,10-13H2. The monoisotopic (exact) mass is 439 g/mol. The summed E-state index contributed by atoms with van der Waals surface area (Å²) >= 11 is 7.49. The molecule has 1 amide bonds. The van der Waals surface area contributed by atoms with Gasteiger partial charge in [0.2, 0.25) is 5.91 Å². The fourth-order valence-corrected chi connectivity index (χ4v) is 7.10. The Hall–Kier alpha value is -1.64. The fraction of sp³-hybridized carbons (Fsp3) is 0.474. The van der Waals surface area contributed by atoms with E-state index < -0.39 is 14.6 Å². The second kappa shape index (κ2) is 7.65. The van der Waals surface area contributed by atoms with Crippen LogP contribution in [-0.2, 0) is 14.6 Å². The summed E-state index contributed by atoms with van der Waals surface area (Å²) < 4.78 is 25.6. The van der Waals surface area contributed by atoms with Crippen LogP contribution in [-0.4, -0.2) is 55.1 Å². The van der Waals surface area contributed by atoms with Crippen LogP contribution >= 0.6 is 22.9 Å². The molecular weight excluding hydrogens is 418 g/mol. The van der Waals surface area contributed by atoms with Crippen molar-refractivity contribution in [2.45, 2.75) is 35.3 Å². The Balaban J connectivity index is 1.57. The Bertz CT molecular complexity index is 931. The van der Waals surface area contributed by atoms with Crippen LogP contribution in [0.2, 0.25) is 5.02 Å². The number of carbonyl (C=O) groups excluding carboxylic acids is 1. The van der Waals surface area contributed by atoms with Gasteiger partial charge in [-0.1, -0.05) is 24.4 Å². The van der Waals surface area contributed by atoms with Crippen LogP contribution in [0.15, 0.2) is 40.7 Å². The molecule has 1 aromatic carbocycles. The molecule has 0 bridgehead atoms. The van der Waals surface area contributed by atoms with Crippen molar-refractivity contribution < 1.29 is 13.2 Å². The molecule has 2 aromatic rings. The maximum absolute atomic E-state index is 13.5. The molecule has 1 aliphatic carbocycles. The van der Waals surface area contributed by atoms with Crippen molar-refractivity contribution in [2.24, 2.45) is 0 Å². The number of hydrogen-bond donors (Lipinski definition) is 0. The molecule has 28 heavy (non-hydrogen) atoms. The Kier molecular flexibility index (Phi) is 5.37. The summed E-state index contributed by atoms with van der Waals surface area (Å²) in [6.07, 6.45) is 4.02. The van der Waals surface area contributed by atoms with E-state index in [9.17, 15) is 13.2 Å². The Morgan fingerprint density at radius 1 is 1.07 bits per heavy atom. The summed E-state index contributed by atoms with van der Waals surface area (Å²) in [6.45, 7) is 2.35. The second-order valence-electron chi connectivity index (χ2n) is 7.25. The Morgan fingerprint density at radius 3 is 2.29 bits per heavy atom. The van der Waals surface area contributed by atoms with E-state index in [1.54, 1.807) is 34.6 Å². The van der Waals surface area contributed by atoms with Gasteiger partial charge < -0.3 is 9.80 Å². The first-order valence-corrected chi connectivity index (χ1v) is 12.1. The lowest BCUT2D eigenvalue weighted by molar-refractivity contribution is -0.134. The largest absolute Gasteiger partial charge is 0.345 e. The minimum Gasteiger partial charge on any atom is -0.345 e. The molecule has 0 atom stereocenters. The van der Waals surface area contributed by atoms with Crippen LogP contribution in [0.3, 0.4) is 0 Å². The molecule has 2 aliphatic rings. The van der Waals surface area contributed by atoms with Crippen LogP contribution in [0.1, 0.15) is 25.7 Å². The summed E-state index contributed by atoms with van der Waals surface area (Å²) in [4.78, 5) is 21.9. The summed E-state index contributed by atoms with van der Waals surface area (Å²) in [5, 5.41) is 3.35. The number of rotatable bonds is 4. The second-order valence-corrected chi connectivity index (χ2v) is 10.8. The SMILES string of the molecule is O=C(N1CCN(c2nccs2)CC1)C1(S(=O)(=O)c2ccc(Cl)cc2)CCCC1. The van der Waals surface area contributed by atoms with Crippen molar-refractivity contribution in [3.63, 3.8) is 0 Å². The van der Waals surface area contributed by atoms with E-state index in [-0.39, 0.29) is 10.8 Å². The fourth-order valence-electron chi connectivity index (χ4n) is 4.14. The topological polar surface area (TPSA) is 70.6 Å². The maximum atomic E-state index is 13.5. The Morgan fingerprint density at radius 2 is 1.71 bits per heavy atom. The number of carbonyl (C=O) groups is 1. The van der Waals surface area contributed by atoms with Crippen LogP contribution in [0, 0.1) is 0 Å². The number of nitrogens with zero attached hydrogens (tertiary/aromatic N) is 3. The number of sulfone groups is 1. The van der Waals surface area contributed by atoms with Crippen molar-refractivity contribution in [3.05, 3.63) is 40.9 Å². The van der Waals surface area contributed by atoms with Crippen molar-refractivity contribution in [2.75, 3.05) is 31.1 Å². The third-order valence-electron chi connectivity index (χ3n) is 5.70. The van der Waals surface area contributed by atoms with Crippen LogP contribution in [0.25, 0.3) is 0 Å². The van der Waals surface area contributed by atoms with E-state index >= 15 is 0 Å². The molecule has 4 rings (SSSR count). The van der Waals surface area contributed by atoms with E-state index in [1.165, 1.54) is 12.1 Å². The van der Waals surface area contributed by atoms with Gasteiger partial charge in [-0.25, -0.2) is 13.4 Å². The molecule has 9 heteroatoms. The third kappa shape index (κ3) is 3.31. The first-order valence-electron chi connectivity index (χ1n) is 9.38. The number of halogens is 1. The summed E-state index contributed by atoms with van der Waals surface area (Å²) in [5.74, 6) is -0.251. The van der Waals surface area contributed by atoms with Gasteiger partial charge in [0.1, 0.15) is 0 Å². The van der Waals surface area contributed by atoms with Gasteiger partial charge in [0.15, 0.2) is 19.7 Å². The zero-order valence-corrected chi connectivity index (χ0v) is 17.8. The quantitative estimate of drug-likeness (QED) is 0.731. The number of aromatic nitrogens is 1. The van der Waals surface area contributed by atoms with Gasteiger partial charge in [0.25, 0.3) is 0 Å². The molecule has 0 spiro atoms. The number of thiazole rings is 1. The van der Waals surface area contributed by atoms with Crippen molar-refractivity contribution in [3.8, 4) is 0 Å². The highest BCUT2D eigenvalue weighted by molar-refractivity contribution is 7.93. The normalized spacial score (nSPS) is 19.8. The molecule has 6 nitrogen and oxygen atoms in total. The summed E-state index contributed by atoms with van der Waals surface area (Å²) in [6, 6.07) is 6.14. The minimum atomic E-state index is -3.80. The highest BCUT2D eigenvalue weighted by Gasteiger charge is 2.54. The van der Waals surface area contributed by atoms with Gasteiger partial charge in [-0.2, -0.15) is 0 Å². The summed E-state index contributed by atoms with van der Waals surface area (Å²) in [7, 11) is -3.80. The van der Waals surface area contributed by atoms with E-state index in [2.05, 4.69) is 9.88 Å². The zero-order valence-electron chi connectivity index (χ0n) is 15.4. The van der Waals surface area contributed by atoms with Crippen LogP contribution in [0.5, 0.6) is 0 Å². The third-order valence-corrected chi connectivity index (χ3v) is 9.28. The molecule has 0 unspecified atom stereocenters. The smallest absolute Gasteiger partial charge is 0.244 e. The highest BCUT2D eigenvalue weighted by Crippen LogP contribution is 2.42. The number of piperazine rings is 1. The average molecular weight is 440 g/mol. The number of hydrogen-bond acceptors (Lipinski definition) is 6. The van der Waals surface area contributed by atoms with Crippen LogP contribution < -0.4 is 4.90 Å². The lowest BCUT2D eigenvalue weighted by atomic mass is 10.0. The zero-order chi connectivity index (χ0) is 19.8. The van der Waals surface area contributed by atoms with E-state index in [4.69, 9.17) is 11.6 Å². The van der Waals surface area contributed by atoms with E-state index in [1.807, 2.05) is 5.38 Å². The molecule has 1 saturated carbocycles. The molecule has 2 heterocycles. The van der Waals surface area contributed by atoms with Crippen molar-refractivity contribution in [1.82, 2.24) is 9.88 Å². The van der Waals surface area contributed by atoms with Gasteiger partial charge in [-0.05, 0) is 37.1 Å². The average Bonchev–Trinajstić information content (AvgIpc) is 3.41. The molecule has 0 radical (unpaired) electrons. The Labute approximate surface area is 174 Å². The highest BCUT2D eigenvalue weighted by atomic mass is 35.5. The van der Waals surface area contributed by atoms with Crippen LogP contribution in [0.4, 0.5) is 5.13 Å². The molecule has 150 valence electrons. The molecule has 0 N–H and O–H groups in total. The number of anilines is 1. The van der Waals surface area contributed by atoms with Gasteiger partial charge in [-0.15, -0.1) is 11.3 Å². The first-order chi connectivity index (χ1) is 13.4. The molecular formula is C19H22ClN3O3S2. The lowest BCUT2D eigenvalue weighted by Gasteiger charge is -2.39. The molecule has 1 aliphatic heterocycles. The lowest BCUT2D eigenvalue weighted by Crippen LogP contribution is -2.57. The predicted molar refractivity (Wildman–Crippen MR) is 111 cm³/mol. The first kappa shape index (κ1) is 19.7. The van der Waals surface area contributed by atoms with Gasteiger partial charge in [0.05, 0.1) is 4.90 Å². The van der Waals surface area contributed by atoms with Gasteiger partial charge >= 0.3 is 0 Å². The van der Waals surface area contributed by atoms with E-state index in [0.717, 1.165) is 18.0 Å². The number of amides is 1. The van der Waals surface area contributed by atoms with Crippen molar-refractivity contribution >= 4 is 43.8 Å². The maximum Gasteiger partial charge on any atom is 0.244 e. The predicted octanol–water partition coefficient (Wildman–Crippen LogP) is 3.23. The van der Waals surface area contributed by atoms with E-state index in [0.29, 0.717) is 44.0 Å². The molecule has 2 fully saturated rings. The summed E-state index contributed by atoms with van der Waals surface area (Å²) in [5.41, 5.74) is 0. The van der Waals surface area contributed by atoms with Gasteiger partial charge in [0, 0.05) is 42.8 Å². The van der Waals surface area contributed by atoms with Gasteiger partial charge in [-0.3, -0.25) is 4.79 Å². The minimum absolute atomic E-state index is 0.175. The molecule has 1 aromatic heterocycles. The molecule has 1 saturated heterocycles. The number of benzene rings is 1. The van der Waals surface area contributed by atoms with Crippen molar-refractivity contribution in [1.29, 1.82) is 0 Å².